The van der Waals surface area contributed by atoms with Crippen molar-refractivity contribution in [3.8, 4) is 33.9 Å². The molecule has 0 amide bonds. The Morgan fingerprint density at radius 1 is 0.591 bits per heavy atom. The summed E-state index contributed by atoms with van der Waals surface area (Å²) in [6.45, 7) is 9.44. The molecule has 8 rings (SSSR count). The molecule has 5 heteroatoms. The van der Waals surface area contributed by atoms with E-state index in [0.29, 0.717) is 11.6 Å². The summed E-state index contributed by atoms with van der Waals surface area (Å²) in [5.41, 5.74) is 8.66. The molecule has 5 aromatic carbocycles. The van der Waals surface area contributed by atoms with Gasteiger partial charge in [-0.1, -0.05) is 100 Å². The molecule has 0 saturated heterocycles. The molecule has 0 unspecified atom stereocenters. The normalized spacial score (nSPS) is 15.6. The van der Waals surface area contributed by atoms with Crippen LogP contribution in [-0.2, 0) is 10.8 Å². The summed E-state index contributed by atoms with van der Waals surface area (Å²) in [6, 6.07) is 33.9. The van der Waals surface area contributed by atoms with Crippen LogP contribution in [0.5, 0.6) is 0 Å². The molecule has 0 N–H and O–H groups in total. The van der Waals surface area contributed by atoms with Crippen molar-refractivity contribution in [1.82, 2.24) is 15.0 Å². The maximum absolute atomic E-state index is 6.57. The molecule has 1 aliphatic rings. The molecule has 216 valence electrons. The third-order valence-corrected chi connectivity index (χ3v) is 9.69. The number of hydrogen-bond donors (Lipinski definition) is 0. The zero-order valence-electron chi connectivity index (χ0n) is 25.3. The Balaban J connectivity index is 1.35. The van der Waals surface area contributed by atoms with E-state index >= 15 is 0 Å². The van der Waals surface area contributed by atoms with Crippen LogP contribution in [0.4, 0.5) is 0 Å². The summed E-state index contributed by atoms with van der Waals surface area (Å²) >= 11 is 6.57. The lowest BCUT2D eigenvalue weighted by Gasteiger charge is -2.42. The van der Waals surface area contributed by atoms with E-state index in [0.717, 1.165) is 61.4 Å². The summed E-state index contributed by atoms with van der Waals surface area (Å²) in [6.07, 6.45) is 2.33. The summed E-state index contributed by atoms with van der Waals surface area (Å²) in [5, 5.41) is 4.52. The molecule has 7 aromatic rings. The van der Waals surface area contributed by atoms with Crippen LogP contribution < -0.4 is 0 Å². The van der Waals surface area contributed by atoms with Gasteiger partial charge in [-0.2, -0.15) is 9.97 Å². The summed E-state index contributed by atoms with van der Waals surface area (Å²) in [7, 11) is 0. The van der Waals surface area contributed by atoms with E-state index in [1.54, 1.807) is 0 Å². The lowest BCUT2D eigenvalue weighted by atomic mass is 9.63. The predicted octanol–water partition coefficient (Wildman–Crippen LogP) is 10.9. The monoisotopic (exact) mass is 593 g/mol. The largest absolute Gasteiger partial charge is 0.455 e. The van der Waals surface area contributed by atoms with E-state index in [4.69, 9.17) is 21.0 Å². The average Bonchev–Trinajstić information content (AvgIpc) is 3.41. The van der Waals surface area contributed by atoms with Crippen LogP contribution in [0.1, 0.15) is 51.7 Å². The van der Waals surface area contributed by atoms with Crippen LogP contribution in [0.25, 0.3) is 66.6 Å². The van der Waals surface area contributed by atoms with Gasteiger partial charge in [0.2, 0.25) is 5.28 Å². The Morgan fingerprint density at radius 2 is 1.27 bits per heavy atom. The Kier molecular flexibility index (Phi) is 5.98. The van der Waals surface area contributed by atoms with E-state index in [9.17, 15) is 0 Å². The minimum absolute atomic E-state index is 0.0853. The highest BCUT2D eigenvalue weighted by molar-refractivity contribution is 6.28. The number of rotatable bonds is 3. The number of aromatic nitrogens is 3. The van der Waals surface area contributed by atoms with E-state index in [1.165, 1.54) is 17.5 Å². The summed E-state index contributed by atoms with van der Waals surface area (Å²) in [5.74, 6) is 1.07. The number of halogens is 1. The highest BCUT2D eigenvalue weighted by atomic mass is 35.5. The molecule has 0 saturated carbocycles. The van der Waals surface area contributed by atoms with Crippen molar-refractivity contribution in [2.75, 3.05) is 0 Å². The molecule has 44 heavy (non-hydrogen) atoms. The van der Waals surface area contributed by atoms with E-state index in [2.05, 4.69) is 98.3 Å². The van der Waals surface area contributed by atoms with Gasteiger partial charge in [0.25, 0.3) is 0 Å². The Hall–Kier alpha value is -4.54. The highest BCUT2D eigenvalue weighted by Crippen LogP contribution is 2.48. The quantitative estimate of drug-likeness (QED) is 0.204. The number of fused-ring (bicyclic) bond motifs is 5. The van der Waals surface area contributed by atoms with Crippen LogP contribution in [0.2, 0.25) is 5.28 Å². The van der Waals surface area contributed by atoms with Gasteiger partial charge in [0.05, 0.1) is 0 Å². The SMILES string of the molecule is CC1(C)CCC(C)(C)c2cc(-c3cc(-c4nc(Cl)nc(-c5ccc6ccccc6c5)n4)cc4c3oc3ccccc34)ccc21. The van der Waals surface area contributed by atoms with Crippen molar-refractivity contribution in [2.45, 2.75) is 51.4 Å². The van der Waals surface area contributed by atoms with Crippen molar-refractivity contribution < 1.29 is 4.42 Å². The molecule has 0 fully saturated rings. The fourth-order valence-electron chi connectivity index (χ4n) is 6.86. The molecule has 0 atom stereocenters. The van der Waals surface area contributed by atoms with Gasteiger partial charge in [-0.25, -0.2) is 4.98 Å². The van der Waals surface area contributed by atoms with Gasteiger partial charge in [-0.15, -0.1) is 0 Å². The van der Waals surface area contributed by atoms with Gasteiger partial charge in [-0.3, -0.25) is 0 Å². The lowest BCUT2D eigenvalue weighted by molar-refractivity contribution is 0.332. The second-order valence-corrected chi connectivity index (χ2v) is 13.7. The maximum Gasteiger partial charge on any atom is 0.226 e. The minimum Gasteiger partial charge on any atom is -0.455 e. The van der Waals surface area contributed by atoms with Gasteiger partial charge in [0.15, 0.2) is 11.6 Å². The van der Waals surface area contributed by atoms with Crippen molar-refractivity contribution in [3.63, 3.8) is 0 Å². The second-order valence-electron chi connectivity index (χ2n) is 13.3. The first-order valence-electron chi connectivity index (χ1n) is 15.2. The van der Waals surface area contributed by atoms with Crippen LogP contribution in [0.3, 0.4) is 0 Å². The minimum atomic E-state index is 0.0853. The Morgan fingerprint density at radius 3 is 2.09 bits per heavy atom. The lowest BCUT2D eigenvalue weighted by Crippen LogP contribution is -2.33. The molecule has 0 bridgehead atoms. The third-order valence-electron chi connectivity index (χ3n) is 9.52. The molecule has 0 radical (unpaired) electrons. The maximum atomic E-state index is 6.57. The molecule has 4 nitrogen and oxygen atoms in total. The van der Waals surface area contributed by atoms with Crippen molar-refractivity contribution in [3.05, 3.63) is 113 Å². The smallest absolute Gasteiger partial charge is 0.226 e. The molecule has 2 heterocycles. The topological polar surface area (TPSA) is 51.8 Å². The second kappa shape index (κ2) is 9.73. The molecule has 1 aliphatic carbocycles. The van der Waals surface area contributed by atoms with Gasteiger partial charge in [0.1, 0.15) is 11.2 Å². The summed E-state index contributed by atoms with van der Waals surface area (Å²) < 4.78 is 6.54. The molecule has 0 aliphatic heterocycles. The standard InChI is InChI=1S/C39H32ClN3O/c1-38(2)17-18-39(3,4)32-22-25(15-16-31(32)38)29-20-27(21-30-28-11-7-8-12-33(28)44-34(29)30)36-41-35(42-37(40)43-36)26-14-13-23-9-5-6-10-24(23)19-26/h5-16,19-22H,17-18H2,1-4H3. The highest BCUT2D eigenvalue weighted by Gasteiger charge is 2.37. The van der Waals surface area contributed by atoms with E-state index in [1.807, 2.05) is 36.4 Å². The summed E-state index contributed by atoms with van der Waals surface area (Å²) in [4.78, 5) is 14.1. The zero-order valence-corrected chi connectivity index (χ0v) is 26.0. The number of para-hydroxylation sites is 1. The number of hydrogen-bond acceptors (Lipinski definition) is 4. The molecule has 0 spiro atoms. The van der Waals surface area contributed by atoms with E-state index in [-0.39, 0.29) is 16.1 Å². The number of furan rings is 1. The molecule has 2 aromatic heterocycles. The van der Waals surface area contributed by atoms with Crippen molar-refractivity contribution >= 4 is 44.3 Å². The van der Waals surface area contributed by atoms with E-state index < -0.39 is 0 Å². The zero-order chi connectivity index (χ0) is 30.2. The number of nitrogens with zero attached hydrogens (tertiary/aromatic N) is 3. The van der Waals surface area contributed by atoms with Gasteiger partial charge in [0, 0.05) is 27.5 Å². The van der Waals surface area contributed by atoms with Gasteiger partial charge >= 0.3 is 0 Å². The van der Waals surface area contributed by atoms with Crippen LogP contribution in [0, 0.1) is 0 Å². The van der Waals surface area contributed by atoms with Gasteiger partial charge in [-0.05, 0) is 87.0 Å². The first-order valence-corrected chi connectivity index (χ1v) is 15.6. The number of benzene rings is 5. The molecular formula is C39H32ClN3O. The van der Waals surface area contributed by atoms with Gasteiger partial charge < -0.3 is 4.42 Å². The van der Waals surface area contributed by atoms with Crippen LogP contribution in [-0.4, -0.2) is 15.0 Å². The van der Waals surface area contributed by atoms with Crippen molar-refractivity contribution in [2.24, 2.45) is 0 Å². The Bertz CT molecular complexity index is 2260. The average molecular weight is 594 g/mol. The van der Waals surface area contributed by atoms with Crippen molar-refractivity contribution in [1.29, 1.82) is 0 Å². The first kappa shape index (κ1) is 27.0. The fraction of sp³-hybridized carbons (Fsp3) is 0.205. The first-order chi connectivity index (χ1) is 21.2. The van der Waals surface area contributed by atoms with Crippen LogP contribution >= 0.6 is 11.6 Å². The Labute approximate surface area is 261 Å². The predicted molar refractivity (Wildman–Crippen MR) is 181 cm³/mol. The molecular weight excluding hydrogens is 562 g/mol. The fourth-order valence-corrected chi connectivity index (χ4v) is 7.02. The third kappa shape index (κ3) is 4.39. The van der Waals surface area contributed by atoms with Crippen LogP contribution in [0.15, 0.2) is 101 Å².